The first-order valence-corrected chi connectivity index (χ1v) is 5.79. The van der Waals surface area contributed by atoms with Gasteiger partial charge in [-0.2, -0.15) is 0 Å². The van der Waals surface area contributed by atoms with Crippen LogP contribution in [0.5, 0.6) is 0 Å². The lowest BCUT2D eigenvalue weighted by Crippen LogP contribution is -2.00. The molecule has 0 bridgehead atoms. The third kappa shape index (κ3) is 1.67. The van der Waals surface area contributed by atoms with Crippen molar-refractivity contribution in [1.29, 1.82) is 0 Å². The van der Waals surface area contributed by atoms with Crippen LogP contribution in [-0.2, 0) is 6.54 Å². The summed E-state index contributed by atoms with van der Waals surface area (Å²) in [5.41, 5.74) is 8.97. The smallest absolute Gasteiger partial charge is 0.158 e. The van der Waals surface area contributed by atoms with Gasteiger partial charge in [0.25, 0.3) is 0 Å². The number of nitrogens with zero attached hydrogens (tertiary/aromatic N) is 2. The molecule has 0 saturated heterocycles. The van der Waals surface area contributed by atoms with Crippen LogP contribution >= 0.6 is 0 Å². The average Bonchev–Trinajstić information content (AvgIpc) is 2.77. The molecule has 2 N–H and O–H groups in total. The topological polar surface area (TPSA) is 64.9 Å². The molecule has 0 spiro atoms. The van der Waals surface area contributed by atoms with E-state index in [1.54, 1.807) is 12.4 Å². The molecule has 0 amide bonds. The summed E-state index contributed by atoms with van der Waals surface area (Å²) in [6.07, 6.45) is 3.38. The van der Waals surface area contributed by atoms with Crippen molar-refractivity contribution in [3.8, 4) is 11.5 Å². The summed E-state index contributed by atoms with van der Waals surface area (Å²) in [7, 11) is 0. The number of nitrogens with two attached hydrogens (primary N) is 1. The van der Waals surface area contributed by atoms with Gasteiger partial charge in [0.2, 0.25) is 0 Å². The summed E-state index contributed by atoms with van der Waals surface area (Å²) in [5, 5.41) is 1.11. The summed E-state index contributed by atoms with van der Waals surface area (Å²) >= 11 is 0. The number of benzene rings is 1. The summed E-state index contributed by atoms with van der Waals surface area (Å²) in [4.78, 5) is 8.58. The third-order valence-electron chi connectivity index (χ3n) is 2.99. The maximum Gasteiger partial charge on any atom is 0.158 e. The van der Waals surface area contributed by atoms with Gasteiger partial charge in [0.1, 0.15) is 11.3 Å². The molecular weight excluding hydrogens is 226 g/mol. The normalized spacial score (nSPS) is 11.0. The van der Waals surface area contributed by atoms with E-state index in [-0.39, 0.29) is 0 Å². The number of fused-ring (bicyclic) bond motifs is 1. The quantitative estimate of drug-likeness (QED) is 0.746. The van der Waals surface area contributed by atoms with E-state index in [0.29, 0.717) is 6.54 Å². The Morgan fingerprint density at radius 2 is 2.00 bits per heavy atom. The van der Waals surface area contributed by atoms with E-state index in [4.69, 9.17) is 10.2 Å². The van der Waals surface area contributed by atoms with Gasteiger partial charge in [-0.1, -0.05) is 18.2 Å². The number of aromatic nitrogens is 2. The largest absolute Gasteiger partial charge is 0.454 e. The minimum Gasteiger partial charge on any atom is -0.454 e. The van der Waals surface area contributed by atoms with E-state index < -0.39 is 0 Å². The molecule has 0 unspecified atom stereocenters. The molecule has 4 nitrogen and oxygen atoms in total. The highest BCUT2D eigenvalue weighted by molar-refractivity contribution is 5.86. The molecule has 4 heteroatoms. The van der Waals surface area contributed by atoms with E-state index in [0.717, 1.165) is 33.7 Å². The van der Waals surface area contributed by atoms with Gasteiger partial charge in [-0.3, -0.25) is 4.98 Å². The van der Waals surface area contributed by atoms with E-state index in [9.17, 15) is 0 Å². The molecule has 2 heterocycles. The fraction of sp³-hybridized carbons (Fsp3) is 0.143. The molecule has 1 aromatic carbocycles. The van der Waals surface area contributed by atoms with Gasteiger partial charge in [0.15, 0.2) is 5.76 Å². The van der Waals surface area contributed by atoms with Gasteiger partial charge < -0.3 is 10.2 Å². The van der Waals surface area contributed by atoms with Crippen LogP contribution < -0.4 is 5.73 Å². The first-order valence-electron chi connectivity index (χ1n) is 5.79. The van der Waals surface area contributed by atoms with Gasteiger partial charge in [-0.15, -0.1) is 0 Å². The number of aryl methyl sites for hydroxylation is 1. The number of furan rings is 1. The maximum atomic E-state index is 5.82. The van der Waals surface area contributed by atoms with Crippen molar-refractivity contribution < 1.29 is 4.42 Å². The van der Waals surface area contributed by atoms with Crippen LogP contribution in [0.3, 0.4) is 0 Å². The van der Waals surface area contributed by atoms with Crippen LogP contribution in [0.2, 0.25) is 0 Å². The molecule has 3 rings (SSSR count). The fourth-order valence-corrected chi connectivity index (χ4v) is 2.00. The average molecular weight is 239 g/mol. The highest BCUT2D eigenvalue weighted by atomic mass is 16.3. The Morgan fingerprint density at radius 1 is 1.17 bits per heavy atom. The molecule has 0 radical (unpaired) electrons. The molecule has 3 aromatic rings. The van der Waals surface area contributed by atoms with Crippen molar-refractivity contribution >= 4 is 11.0 Å². The van der Waals surface area contributed by atoms with E-state index >= 15 is 0 Å². The second kappa shape index (κ2) is 4.23. The highest BCUT2D eigenvalue weighted by Gasteiger charge is 2.13. The Kier molecular flexibility index (Phi) is 2.57. The number of hydrogen-bond acceptors (Lipinski definition) is 4. The van der Waals surface area contributed by atoms with Crippen LogP contribution in [0.1, 0.15) is 11.3 Å². The summed E-state index contributed by atoms with van der Waals surface area (Å²) in [5.74, 6) is 0.771. The van der Waals surface area contributed by atoms with Gasteiger partial charge >= 0.3 is 0 Å². The zero-order valence-electron chi connectivity index (χ0n) is 10.1. The van der Waals surface area contributed by atoms with Gasteiger partial charge in [-0.25, -0.2) is 4.98 Å². The van der Waals surface area contributed by atoms with E-state index in [1.807, 2.05) is 31.2 Å². The lowest BCUT2D eigenvalue weighted by atomic mass is 10.1. The first-order chi connectivity index (χ1) is 8.79. The van der Waals surface area contributed by atoms with Gasteiger partial charge in [0.05, 0.1) is 18.1 Å². The molecule has 0 fully saturated rings. The highest BCUT2D eigenvalue weighted by Crippen LogP contribution is 2.31. The van der Waals surface area contributed by atoms with Gasteiger partial charge in [0, 0.05) is 17.5 Å². The molecule has 0 aliphatic heterocycles. The van der Waals surface area contributed by atoms with Crippen molar-refractivity contribution in [3.63, 3.8) is 0 Å². The summed E-state index contributed by atoms with van der Waals surface area (Å²) in [6.45, 7) is 2.42. The molecule has 0 aliphatic rings. The SMILES string of the molecule is Cc1c(-c2cnc(CN)cn2)oc2ccccc12. The molecule has 0 saturated carbocycles. The van der Waals surface area contributed by atoms with Crippen molar-refractivity contribution in [1.82, 2.24) is 9.97 Å². The van der Waals surface area contributed by atoms with Crippen molar-refractivity contribution in [2.75, 3.05) is 0 Å². The van der Waals surface area contributed by atoms with Crippen LogP contribution in [-0.4, -0.2) is 9.97 Å². The van der Waals surface area contributed by atoms with E-state index in [2.05, 4.69) is 9.97 Å². The minimum atomic E-state index is 0.395. The molecule has 0 atom stereocenters. The van der Waals surface area contributed by atoms with Crippen LogP contribution in [0.4, 0.5) is 0 Å². The lowest BCUT2D eigenvalue weighted by Gasteiger charge is -1.99. The Hall–Kier alpha value is -2.20. The number of para-hydroxylation sites is 1. The number of hydrogen-bond donors (Lipinski definition) is 1. The van der Waals surface area contributed by atoms with Crippen molar-refractivity contribution in [3.05, 3.63) is 47.9 Å². The van der Waals surface area contributed by atoms with Crippen molar-refractivity contribution in [2.24, 2.45) is 5.73 Å². The molecule has 90 valence electrons. The first kappa shape index (κ1) is 10.9. The second-order valence-corrected chi connectivity index (χ2v) is 4.15. The summed E-state index contributed by atoms with van der Waals surface area (Å²) in [6, 6.07) is 7.95. The van der Waals surface area contributed by atoms with Crippen LogP contribution in [0.25, 0.3) is 22.4 Å². The number of rotatable bonds is 2. The Morgan fingerprint density at radius 3 is 2.67 bits per heavy atom. The minimum absolute atomic E-state index is 0.395. The third-order valence-corrected chi connectivity index (χ3v) is 2.99. The lowest BCUT2D eigenvalue weighted by molar-refractivity contribution is 0.625. The Labute approximate surface area is 104 Å². The molecular formula is C14H13N3O. The predicted octanol–water partition coefficient (Wildman–Crippen LogP) is 2.66. The predicted molar refractivity (Wildman–Crippen MR) is 69.9 cm³/mol. The molecule has 2 aromatic heterocycles. The molecule has 18 heavy (non-hydrogen) atoms. The van der Waals surface area contributed by atoms with Crippen LogP contribution in [0.15, 0.2) is 41.1 Å². The zero-order chi connectivity index (χ0) is 12.5. The Bertz CT molecular complexity index is 686. The van der Waals surface area contributed by atoms with Crippen molar-refractivity contribution in [2.45, 2.75) is 13.5 Å². The molecule has 0 aliphatic carbocycles. The summed E-state index contributed by atoms with van der Waals surface area (Å²) < 4.78 is 5.82. The standard InChI is InChI=1S/C14H13N3O/c1-9-11-4-2-3-5-13(11)18-14(9)12-8-16-10(6-15)7-17-12/h2-5,7-8H,6,15H2,1H3. The zero-order valence-corrected chi connectivity index (χ0v) is 10.1. The maximum absolute atomic E-state index is 5.82. The second-order valence-electron chi connectivity index (χ2n) is 4.15. The van der Waals surface area contributed by atoms with E-state index in [1.165, 1.54) is 0 Å². The van der Waals surface area contributed by atoms with Crippen LogP contribution in [0, 0.1) is 6.92 Å². The van der Waals surface area contributed by atoms with Gasteiger partial charge in [-0.05, 0) is 13.0 Å². The fourth-order valence-electron chi connectivity index (χ4n) is 2.00. The monoisotopic (exact) mass is 239 g/mol. The Balaban J connectivity index is 2.15.